The van der Waals surface area contributed by atoms with Crippen LogP contribution in [0.4, 0.5) is 0 Å². The van der Waals surface area contributed by atoms with Crippen LogP contribution in [0.15, 0.2) is 12.1 Å². The number of benzene rings is 1. The average molecular weight is 351 g/mol. The fraction of sp³-hybridized carbons (Fsp3) is 0.533. The smallest absolute Gasteiger partial charge is 0.251 e. The maximum atomic E-state index is 12.1. The van der Waals surface area contributed by atoms with E-state index in [1.54, 1.807) is 12.1 Å². The van der Waals surface area contributed by atoms with Crippen molar-refractivity contribution in [2.24, 2.45) is 5.73 Å². The lowest BCUT2D eigenvalue weighted by atomic mass is 10.2. The molecule has 126 valence electrons. The Morgan fingerprint density at radius 3 is 2.68 bits per heavy atom. The minimum atomic E-state index is -0.186. The summed E-state index contributed by atoms with van der Waals surface area (Å²) in [4.78, 5) is 12.1. The molecule has 1 amide bonds. The highest BCUT2D eigenvalue weighted by Gasteiger charge is 2.15. The first-order valence-corrected chi connectivity index (χ1v) is 7.50. The van der Waals surface area contributed by atoms with E-state index in [1.165, 1.54) is 7.11 Å². The van der Waals surface area contributed by atoms with Gasteiger partial charge >= 0.3 is 0 Å². The zero-order valence-corrected chi connectivity index (χ0v) is 14.6. The van der Waals surface area contributed by atoms with Gasteiger partial charge in [-0.05, 0) is 37.9 Å². The second kappa shape index (κ2) is 11.4. The lowest BCUT2D eigenvalue weighted by Crippen LogP contribution is -2.25. The van der Waals surface area contributed by atoms with Crippen LogP contribution in [0.5, 0.6) is 11.5 Å². The number of ether oxygens (including phenoxy) is 2. The number of rotatable bonds is 9. The SMILES string of the molecule is CCCOc1c(Cl)cc(C(=O)NCCCCN)cc1OC.Cl. The maximum absolute atomic E-state index is 12.1. The van der Waals surface area contributed by atoms with E-state index in [4.69, 9.17) is 26.8 Å². The van der Waals surface area contributed by atoms with E-state index in [0.29, 0.717) is 41.8 Å². The molecule has 0 aliphatic heterocycles. The summed E-state index contributed by atoms with van der Waals surface area (Å²) in [7, 11) is 1.52. The Kier molecular flexibility index (Phi) is 10.8. The standard InChI is InChI=1S/C15H23ClN2O3.ClH/c1-3-8-21-14-12(16)9-11(10-13(14)20-2)15(19)18-7-5-4-6-17;/h9-10H,3-8,17H2,1-2H3,(H,18,19);1H. The fourth-order valence-corrected chi connectivity index (χ4v) is 2.03. The molecular weight excluding hydrogens is 327 g/mol. The second-order valence-corrected chi connectivity index (χ2v) is 5.00. The molecule has 5 nitrogen and oxygen atoms in total. The van der Waals surface area contributed by atoms with Gasteiger partial charge in [-0.3, -0.25) is 4.79 Å². The minimum absolute atomic E-state index is 0. The molecule has 0 aliphatic carbocycles. The van der Waals surface area contributed by atoms with E-state index in [9.17, 15) is 4.79 Å². The Balaban J connectivity index is 0.00000441. The number of carbonyl (C=O) groups is 1. The third kappa shape index (κ3) is 6.30. The molecule has 0 spiro atoms. The summed E-state index contributed by atoms with van der Waals surface area (Å²) in [6, 6.07) is 3.22. The highest BCUT2D eigenvalue weighted by molar-refractivity contribution is 6.32. The molecule has 0 unspecified atom stereocenters. The minimum Gasteiger partial charge on any atom is -0.493 e. The molecule has 1 rings (SSSR count). The number of hydrogen-bond donors (Lipinski definition) is 2. The van der Waals surface area contributed by atoms with Crippen LogP contribution < -0.4 is 20.5 Å². The van der Waals surface area contributed by atoms with Crippen molar-refractivity contribution in [3.63, 3.8) is 0 Å². The normalized spacial score (nSPS) is 9.82. The average Bonchev–Trinajstić information content (AvgIpc) is 2.49. The fourth-order valence-electron chi connectivity index (χ4n) is 1.77. The molecular formula is C15H24Cl2N2O3. The molecule has 0 atom stereocenters. The van der Waals surface area contributed by atoms with Crippen LogP contribution in [0.2, 0.25) is 5.02 Å². The number of nitrogens with two attached hydrogens (primary N) is 1. The van der Waals surface area contributed by atoms with Gasteiger partial charge in [0.15, 0.2) is 11.5 Å². The molecule has 0 aromatic heterocycles. The van der Waals surface area contributed by atoms with E-state index in [0.717, 1.165) is 19.3 Å². The van der Waals surface area contributed by atoms with Gasteiger partial charge in [0.2, 0.25) is 0 Å². The molecule has 1 aromatic carbocycles. The van der Waals surface area contributed by atoms with Crippen LogP contribution in [0, 0.1) is 0 Å². The van der Waals surface area contributed by atoms with E-state index < -0.39 is 0 Å². The Bertz CT molecular complexity index is 470. The van der Waals surface area contributed by atoms with E-state index in [2.05, 4.69) is 5.32 Å². The molecule has 22 heavy (non-hydrogen) atoms. The van der Waals surface area contributed by atoms with Gasteiger partial charge in [0.25, 0.3) is 5.91 Å². The zero-order valence-electron chi connectivity index (χ0n) is 13.0. The molecule has 0 saturated carbocycles. The summed E-state index contributed by atoms with van der Waals surface area (Å²) < 4.78 is 10.8. The van der Waals surface area contributed by atoms with Crippen LogP contribution in [-0.2, 0) is 0 Å². The zero-order chi connectivity index (χ0) is 15.7. The highest BCUT2D eigenvalue weighted by Crippen LogP contribution is 2.36. The van der Waals surface area contributed by atoms with Crippen LogP contribution in [0.25, 0.3) is 0 Å². The third-order valence-corrected chi connectivity index (χ3v) is 3.14. The van der Waals surface area contributed by atoms with Crippen molar-refractivity contribution in [1.29, 1.82) is 0 Å². The number of unbranched alkanes of at least 4 members (excludes halogenated alkanes) is 1. The third-order valence-electron chi connectivity index (χ3n) is 2.86. The number of carbonyl (C=O) groups excluding carboxylic acids is 1. The van der Waals surface area contributed by atoms with Crippen molar-refractivity contribution in [2.75, 3.05) is 26.8 Å². The second-order valence-electron chi connectivity index (χ2n) is 4.59. The van der Waals surface area contributed by atoms with Crippen LogP contribution in [0.3, 0.4) is 0 Å². The van der Waals surface area contributed by atoms with Crippen molar-refractivity contribution >= 4 is 29.9 Å². The van der Waals surface area contributed by atoms with E-state index >= 15 is 0 Å². The molecule has 0 heterocycles. The Labute approximate surface area is 142 Å². The van der Waals surface area contributed by atoms with Crippen LogP contribution in [0.1, 0.15) is 36.5 Å². The highest BCUT2D eigenvalue weighted by atomic mass is 35.5. The van der Waals surface area contributed by atoms with Crippen molar-refractivity contribution < 1.29 is 14.3 Å². The lowest BCUT2D eigenvalue weighted by molar-refractivity contribution is 0.0952. The van der Waals surface area contributed by atoms with Crippen molar-refractivity contribution in [1.82, 2.24) is 5.32 Å². The summed E-state index contributed by atoms with van der Waals surface area (Å²) >= 11 is 6.18. The first-order chi connectivity index (χ1) is 10.1. The summed E-state index contributed by atoms with van der Waals surface area (Å²) in [5, 5.41) is 3.20. The number of amides is 1. The Morgan fingerprint density at radius 1 is 1.36 bits per heavy atom. The molecule has 0 saturated heterocycles. The predicted octanol–water partition coefficient (Wildman–Crippen LogP) is 3.03. The van der Waals surface area contributed by atoms with Crippen molar-refractivity contribution in [3.8, 4) is 11.5 Å². The van der Waals surface area contributed by atoms with Gasteiger partial charge < -0.3 is 20.5 Å². The van der Waals surface area contributed by atoms with Gasteiger partial charge in [0, 0.05) is 12.1 Å². The Hall–Kier alpha value is -1.17. The van der Waals surface area contributed by atoms with Gasteiger partial charge in [-0.15, -0.1) is 12.4 Å². The van der Waals surface area contributed by atoms with Gasteiger partial charge in [-0.1, -0.05) is 18.5 Å². The molecule has 0 bridgehead atoms. The van der Waals surface area contributed by atoms with Gasteiger partial charge in [-0.2, -0.15) is 0 Å². The predicted molar refractivity (Wildman–Crippen MR) is 91.7 cm³/mol. The molecule has 0 radical (unpaired) electrons. The summed E-state index contributed by atoms with van der Waals surface area (Å²) in [6.07, 6.45) is 2.60. The van der Waals surface area contributed by atoms with E-state index in [1.807, 2.05) is 6.92 Å². The topological polar surface area (TPSA) is 73.6 Å². The maximum Gasteiger partial charge on any atom is 0.251 e. The molecule has 1 aromatic rings. The summed E-state index contributed by atoms with van der Waals surface area (Å²) in [5.41, 5.74) is 5.86. The lowest BCUT2D eigenvalue weighted by Gasteiger charge is -2.13. The van der Waals surface area contributed by atoms with Gasteiger partial charge in [-0.25, -0.2) is 0 Å². The largest absolute Gasteiger partial charge is 0.493 e. The van der Waals surface area contributed by atoms with Crippen LogP contribution >= 0.6 is 24.0 Å². The number of halogens is 2. The number of methoxy groups -OCH3 is 1. The van der Waals surface area contributed by atoms with Gasteiger partial charge in [0.1, 0.15) is 0 Å². The quantitative estimate of drug-likeness (QED) is 0.671. The summed E-state index contributed by atoms with van der Waals surface area (Å²) in [6.45, 7) is 3.76. The molecule has 7 heteroatoms. The van der Waals surface area contributed by atoms with E-state index in [-0.39, 0.29) is 18.3 Å². The molecule has 0 aliphatic rings. The van der Waals surface area contributed by atoms with Crippen molar-refractivity contribution in [2.45, 2.75) is 26.2 Å². The first kappa shape index (κ1) is 20.8. The number of hydrogen-bond acceptors (Lipinski definition) is 4. The van der Waals surface area contributed by atoms with Crippen molar-refractivity contribution in [3.05, 3.63) is 22.7 Å². The Morgan fingerprint density at radius 2 is 2.09 bits per heavy atom. The first-order valence-electron chi connectivity index (χ1n) is 7.12. The monoisotopic (exact) mass is 350 g/mol. The number of nitrogens with one attached hydrogen (secondary N) is 1. The van der Waals surface area contributed by atoms with Crippen LogP contribution in [-0.4, -0.2) is 32.7 Å². The van der Waals surface area contributed by atoms with Gasteiger partial charge in [0.05, 0.1) is 18.7 Å². The summed E-state index contributed by atoms with van der Waals surface area (Å²) in [5.74, 6) is 0.748. The molecule has 3 N–H and O–H groups in total. The molecule has 0 fully saturated rings.